The number of hydrogen-bond acceptors (Lipinski definition) is 4. The average Bonchev–Trinajstić information content (AvgIpc) is 2.92. The van der Waals surface area contributed by atoms with Crippen LogP contribution in [0.4, 0.5) is 0 Å². The van der Waals surface area contributed by atoms with Crippen LogP contribution in [0.15, 0.2) is 45.9 Å². The Morgan fingerprint density at radius 3 is 2.65 bits per heavy atom. The van der Waals surface area contributed by atoms with Crippen LogP contribution in [0.25, 0.3) is 0 Å². The number of aryl methyl sites for hydroxylation is 1. The van der Waals surface area contributed by atoms with Crippen LogP contribution in [-0.4, -0.2) is 15.5 Å². The normalized spacial score (nSPS) is 11.7. The third-order valence-electron chi connectivity index (χ3n) is 3.01. The molecule has 0 saturated heterocycles. The lowest BCUT2D eigenvalue weighted by Crippen LogP contribution is -2.23. The Balaban J connectivity index is 2.18. The second-order valence-corrected chi connectivity index (χ2v) is 6.29. The molecule has 20 heavy (non-hydrogen) atoms. The zero-order valence-corrected chi connectivity index (χ0v) is 12.3. The molecule has 0 fully saturated rings. The van der Waals surface area contributed by atoms with Gasteiger partial charge in [-0.1, -0.05) is 6.07 Å². The number of furan rings is 1. The third kappa shape index (κ3) is 3.47. The molecule has 0 amide bonds. The summed E-state index contributed by atoms with van der Waals surface area (Å²) in [6, 6.07) is 8.56. The fourth-order valence-corrected chi connectivity index (χ4v) is 2.90. The van der Waals surface area contributed by atoms with Gasteiger partial charge >= 0.3 is 0 Å². The van der Waals surface area contributed by atoms with Crippen molar-refractivity contribution in [3.63, 3.8) is 0 Å². The molecule has 1 aromatic heterocycles. The Kier molecular flexibility index (Phi) is 4.59. The Labute approximate surface area is 119 Å². The molecule has 2 rings (SSSR count). The van der Waals surface area contributed by atoms with Crippen molar-refractivity contribution in [2.75, 3.05) is 7.05 Å². The smallest absolute Gasteiger partial charge is 0.240 e. The first-order valence-corrected chi connectivity index (χ1v) is 7.77. The fraction of sp³-hybridized carbons (Fsp3) is 0.286. The van der Waals surface area contributed by atoms with Crippen molar-refractivity contribution in [1.29, 1.82) is 0 Å². The second-order valence-electron chi connectivity index (χ2n) is 4.52. The minimum atomic E-state index is -3.53. The molecule has 0 bridgehead atoms. The van der Waals surface area contributed by atoms with Gasteiger partial charge in [0.1, 0.15) is 5.76 Å². The Morgan fingerprint density at radius 1 is 1.20 bits per heavy atom. The maximum Gasteiger partial charge on any atom is 0.240 e. The maximum atomic E-state index is 12.2. The van der Waals surface area contributed by atoms with Gasteiger partial charge in [0, 0.05) is 6.54 Å². The van der Waals surface area contributed by atoms with Crippen molar-refractivity contribution in [3.05, 3.63) is 53.5 Å². The molecule has 2 aromatic rings. The van der Waals surface area contributed by atoms with Gasteiger partial charge in [-0.3, -0.25) is 0 Å². The van der Waals surface area contributed by atoms with Crippen LogP contribution in [0.2, 0.25) is 0 Å². The van der Waals surface area contributed by atoms with Gasteiger partial charge in [0.2, 0.25) is 10.0 Å². The number of sulfonamides is 1. The molecule has 0 unspecified atom stereocenters. The molecule has 0 spiro atoms. The van der Waals surface area contributed by atoms with Crippen LogP contribution in [0, 0.1) is 6.92 Å². The van der Waals surface area contributed by atoms with Crippen LogP contribution < -0.4 is 10.0 Å². The molecular formula is C14H18N2O3S. The average molecular weight is 294 g/mol. The first-order chi connectivity index (χ1) is 9.53. The predicted octanol–water partition coefficient (Wildman–Crippen LogP) is 1.79. The van der Waals surface area contributed by atoms with E-state index in [2.05, 4.69) is 10.0 Å². The van der Waals surface area contributed by atoms with E-state index in [0.717, 1.165) is 11.1 Å². The summed E-state index contributed by atoms with van der Waals surface area (Å²) in [4.78, 5) is 0.264. The van der Waals surface area contributed by atoms with Crippen molar-refractivity contribution >= 4 is 10.0 Å². The molecular weight excluding hydrogens is 276 g/mol. The molecule has 0 atom stereocenters. The van der Waals surface area contributed by atoms with Gasteiger partial charge in [0.25, 0.3) is 0 Å². The topological polar surface area (TPSA) is 71.3 Å². The molecule has 0 aliphatic rings. The summed E-state index contributed by atoms with van der Waals surface area (Å²) in [6.45, 7) is 2.73. The summed E-state index contributed by atoms with van der Waals surface area (Å²) in [6.07, 6.45) is 1.51. The van der Waals surface area contributed by atoms with Crippen LogP contribution >= 0.6 is 0 Å². The quantitative estimate of drug-likeness (QED) is 0.852. The summed E-state index contributed by atoms with van der Waals surface area (Å²) in [5, 5.41) is 3.03. The monoisotopic (exact) mass is 294 g/mol. The highest BCUT2D eigenvalue weighted by Crippen LogP contribution is 2.16. The van der Waals surface area contributed by atoms with E-state index in [4.69, 9.17) is 4.42 Å². The van der Waals surface area contributed by atoms with Crippen molar-refractivity contribution in [2.24, 2.45) is 0 Å². The van der Waals surface area contributed by atoms with Crippen molar-refractivity contribution in [1.82, 2.24) is 10.0 Å². The van der Waals surface area contributed by atoms with Gasteiger partial charge in [-0.05, 0) is 49.4 Å². The van der Waals surface area contributed by atoms with E-state index >= 15 is 0 Å². The van der Waals surface area contributed by atoms with E-state index in [-0.39, 0.29) is 11.4 Å². The lowest BCUT2D eigenvalue weighted by molar-refractivity contribution is 0.498. The molecule has 0 aliphatic carbocycles. The highest BCUT2D eigenvalue weighted by molar-refractivity contribution is 7.89. The summed E-state index contributed by atoms with van der Waals surface area (Å²) >= 11 is 0. The van der Waals surface area contributed by atoms with Gasteiger partial charge < -0.3 is 9.73 Å². The first-order valence-electron chi connectivity index (χ1n) is 6.29. The molecule has 5 nitrogen and oxygen atoms in total. The molecule has 0 saturated carbocycles. The van der Waals surface area contributed by atoms with E-state index in [9.17, 15) is 8.42 Å². The van der Waals surface area contributed by atoms with E-state index in [1.807, 2.05) is 20.0 Å². The van der Waals surface area contributed by atoms with Gasteiger partial charge in [0.15, 0.2) is 0 Å². The van der Waals surface area contributed by atoms with Crippen LogP contribution in [0.5, 0.6) is 0 Å². The van der Waals surface area contributed by atoms with Gasteiger partial charge in [0.05, 0.1) is 17.7 Å². The Bertz CT molecular complexity index is 664. The van der Waals surface area contributed by atoms with Crippen LogP contribution in [0.3, 0.4) is 0 Å². The van der Waals surface area contributed by atoms with Crippen molar-refractivity contribution in [3.8, 4) is 0 Å². The maximum absolute atomic E-state index is 12.2. The molecule has 1 aromatic carbocycles. The lowest BCUT2D eigenvalue weighted by Gasteiger charge is -2.10. The van der Waals surface area contributed by atoms with Crippen molar-refractivity contribution < 1.29 is 12.8 Å². The summed E-state index contributed by atoms with van der Waals surface area (Å²) in [5.74, 6) is 0.580. The van der Waals surface area contributed by atoms with Crippen molar-refractivity contribution in [2.45, 2.75) is 24.9 Å². The zero-order chi connectivity index (χ0) is 14.6. The van der Waals surface area contributed by atoms with Gasteiger partial charge in [-0.15, -0.1) is 0 Å². The molecule has 6 heteroatoms. The molecule has 108 valence electrons. The van der Waals surface area contributed by atoms with Gasteiger partial charge in [-0.2, -0.15) is 0 Å². The standard InChI is InChI=1S/C14H18N2O3S/c1-11-5-6-14(8-12(11)9-15-2)20(17,18)16-10-13-4-3-7-19-13/h3-8,15-16H,9-10H2,1-2H3. The molecule has 1 heterocycles. The van der Waals surface area contributed by atoms with E-state index in [1.54, 1.807) is 24.3 Å². The SMILES string of the molecule is CNCc1cc(S(=O)(=O)NCc2ccco2)ccc1C. The summed E-state index contributed by atoms with van der Waals surface area (Å²) in [7, 11) is -1.70. The number of rotatable bonds is 6. The predicted molar refractivity (Wildman–Crippen MR) is 76.7 cm³/mol. The molecule has 0 aliphatic heterocycles. The van der Waals surface area contributed by atoms with E-state index < -0.39 is 10.0 Å². The summed E-state index contributed by atoms with van der Waals surface area (Å²) < 4.78 is 32.1. The van der Waals surface area contributed by atoms with E-state index in [1.165, 1.54) is 6.26 Å². The third-order valence-corrected chi connectivity index (χ3v) is 4.41. The van der Waals surface area contributed by atoms with E-state index in [0.29, 0.717) is 12.3 Å². The van der Waals surface area contributed by atoms with Crippen LogP contribution in [-0.2, 0) is 23.1 Å². The molecule has 2 N–H and O–H groups in total. The lowest BCUT2D eigenvalue weighted by atomic mass is 10.1. The summed E-state index contributed by atoms with van der Waals surface area (Å²) in [5.41, 5.74) is 2.03. The number of hydrogen-bond donors (Lipinski definition) is 2. The largest absolute Gasteiger partial charge is 0.468 e. The van der Waals surface area contributed by atoms with Gasteiger partial charge in [-0.25, -0.2) is 13.1 Å². The highest BCUT2D eigenvalue weighted by Gasteiger charge is 2.15. The Morgan fingerprint density at radius 2 is 2.00 bits per heavy atom. The zero-order valence-electron chi connectivity index (χ0n) is 11.5. The minimum absolute atomic E-state index is 0.143. The van der Waals surface area contributed by atoms with Crippen LogP contribution in [0.1, 0.15) is 16.9 Å². The second kappa shape index (κ2) is 6.21. The number of benzene rings is 1. The Hall–Kier alpha value is -1.63. The molecule has 0 radical (unpaired) electrons. The minimum Gasteiger partial charge on any atom is -0.468 e. The first kappa shape index (κ1) is 14.8. The number of nitrogens with one attached hydrogen (secondary N) is 2. The highest BCUT2D eigenvalue weighted by atomic mass is 32.2. The fourth-order valence-electron chi connectivity index (χ4n) is 1.86.